The highest BCUT2D eigenvalue weighted by molar-refractivity contribution is 5.16. The third-order valence-electron chi connectivity index (χ3n) is 1.93. The number of hydrogen-bond donors (Lipinski definition) is 0. The minimum absolute atomic E-state index is 0.0802. The van der Waals surface area contributed by atoms with Crippen molar-refractivity contribution < 1.29 is 4.74 Å². The molecule has 0 spiro atoms. The van der Waals surface area contributed by atoms with Crippen molar-refractivity contribution in [2.75, 3.05) is 7.11 Å². The molecule has 0 aliphatic rings. The summed E-state index contributed by atoms with van der Waals surface area (Å²) in [6.45, 7) is 1.90. The maximum absolute atomic E-state index is 8.54. The Morgan fingerprint density at radius 2 is 2.38 bits per heavy atom. The summed E-state index contributed by atoms with van der Waals surface area (Å²) in [5.74, 6) is 0. The lowest BCUT2D eigenvalue weighted by Gasteiger charge is -2.09. The number of nitriles is 1. The lowest BCUT2D eigenvalue weighted by molar-refractivity contribution is 0.112. The molecule has 1 aromatic rings. The molecule has 1 atom stereocenters. The fourth-order valence-corrected chi connectivity index (χ4v) is 1.22. The van der Waals surface area contributed by atoms with Gasteiger partial charge in [0.1, 0.15) is 5.69 Å². The first-order valence-electron chi connectivity index (χ1n) is 3.99. The summed E-state index contributed by atoms with van der Waals surface area (Å²) in [5.41, 5.74) is 1.56. The summed E-state index contributed by atoms with van der Waals surface area (Å²) in [7, 11) is 3.41. The third kappa shape index (κ3) is 1.84. The van der Waals surface area contributed by atoms with Crippen molar-refractivity contribution >= 4 is 0 Å². The molecule has 0 saturated heterocycles. The summed E-state index contributed by atoms with van der Waals surface area (Å²) >= 11 is 0. The van der Waals surface area contributed by atoms with Gasteiger partial charge in [-0.2, -0.15) is 5.26 Å². The van der Waals surface area contributed by atoms with Crippen LogP contribution < -0.4 is 0 Å². The van der Waals surface area contributed by atoms with E-state index in [0.717, 1.165) is 5.69 Å². The first kappa shape index (κ1) is 9.68. The Labute approximate surface area is 76.9 Å². The van der Waals surface area contributed by atoms with Crippen LogP contribution in [0.5, 0.6) is 0 Å². The lowest BCUT2D eigenvalue weighted by atomic mass is 10.2. The molecule has 0 radical (unpaired) electrons. The molecule has 5 nitrogen and oxygen atoms in total. The van der Waals surface area contributed by atoms with E-state index in [1.807, 2.05) is 13.0 Å². The van der Waals surface area contributed by atoms with Crippen LogP contribution in [0, 0.1) is 11.3 Å². The zero-order valence-corrected chi connectivity index (χ0v) is 7.98. The van der Waals surface area contributed by atoms with Crippen LogP contribution in [0.4, 0.5) is 0 Å². The molecule has 1 heterocycles. The van der Waals surface area contributed by atoms with Crippen LogP contribution in [0.15, 0.2) is 0 Å². The largest absolute Gasteiger partial charge is 0.375 e. The van der Waals surface area contributed by atoms with Crippen LogP contribution in [-0.4, -0.2) is 22.1 Å². The molecule has 0 bridgehead atoms. The third-order valence-corrected chi connectivity index (χ3v) is 1.93. The van der Waals surface area contributed by atoms with Crippen LogP contribution in [0.2, 0.25) is 0 Å². The predicted octanol–water partition coefficient (Wildman–Crippen LogP) is 0.589. The van der Waals surface area contributed by atoms with Crippen molar-refractivity contribution in [3.63, 3.8) is 0 Å². The topological polar surface area (TPSA) is 63.7 Å². The minimum Gasteiger partial charge on any atom is -0.375 e. The Morgan fingerprint density at radius 3 is 2.92 bits per heavy atom. The quantitative estimate of drug-likeness (QED) is 0.682. The Hall–Kier alpha value is -1.41. The van der Waals surface area contributed by atoms with Gasteiger partial charge in [-0.05, 0) is 6.92 Å². The van der Waals surface area contributed by atoms with Crippen LogP contribution in [-0.2, 0) is 18.2 Å². The molecule has 0 saturated carbocycles. The zero-order valence-electron chi connectivity index (χ0n) is 7.98. The second-order valence-electron chi connectivity index (χ2n) is 2.76. The number of nitrogens with zero attached hydrogens (tertiary/aromatic N) is 4. The van der Waals surface area contributed by atoms with Gasteiger partial charge in [-0.15, -0.1) is 5.10 Å². The van der Waals surface area contributed by atoms with Crippen molar-refractivity contribution in [3.8, 4) is 6.07 Å². The molecule has 1 aromatic heterocycles. The monoisotopic (exact) mass is 180 g/mol. The minimum atomic E-state index is -0.0802. The van der Waals surface area contributed by atoms with Crippen LogP contribution in [0.25, 0.3) is 0 Å². The predicted molar refractivity (Wildman–Crippen MR) is 45.7 cm³/mol. The molecule has 70 valence electrons. The smallest absolute Gasteiger partial charge is 0.103 e. The highest BCUT2D eigenvalue weighted by atomic mass is 16.5. The SMILES string of the molecule is COC(C)c1c(CC#N)nnn1C. The average Bonchev–Trinajstić information content (AvgIpc) is 2.47. The summed E-state index contributed by atoms with van der Waals surface area (Å²) < 4.78 is 6.79. The van der Waals surface area contributed by atoms with Crippen LogP contribution in [0.1, 0.15) is 24.4 Å². The standard InChI is InChI=1S/C8H12N4O/c1-6(13-3)8-7(4-5-9)10-11-12(8)2/h6H,4H2,1-3H3. The van der Waals surface area contributed by atoms with Crippen molar-refractivity contribution in [2.24, 2.45) is 7.05 Å². The Morgan fingerprint density at radius 1 is 1.69 bits per heavy atom. The van der Waals surface area contributed by atoms with Crippen molar-refractivity contribution in [3.05, 3.63) is 11.4 Å². The van der Waals surface area contributed by atoms with Crippen molar-refractivity contribution in [1.29, 1.82) is 5.26 Å². The van der Waals surface area contributed by atoms with Crippen LogP contribution in [0.3, 0.4) is 0 Å². The van der Waals surface area contributed by atoms with Gasteiger partial charge < -0.3 is 4.74 Å². The summed E-state index contributed by atoms with van der Waals surface area (Å²) in [6, 6.07) is 2.05. The second kappa shape index (κ2) is 4.01. The number of methoxy groups -OCH3 is 1. The molecule has 1 unspecified atom stereocenters. The maximum atomic E-state index is 8.54. The Bertz CT molecular complexity index is 325. The number of hydrogen-bond acceptors (Lipinski definition) is 4. The normalized spacial score (nSPS) is 12.5. The molecule has 13 heavy (non-hydrogen) atoms. The van der Waals surface area contributed by atoms with Gasteiger partial charge in [0.2, 0.25) is 0 Å². The number of aromatic nitrogens is 3. The van der Waals surface area contributed by atoms with Crippen LogP contribution >= 0.6 is 0 Å². The van der Waals surface area contributed by atoms with E-state index in [-0.39, 0.29) is 12.5 Å². The van der Waals surface area contributed by atoms with Gasteiger partial charge in [-0.25, -0.2) is 4.68 Å². The van der Waals surface area contributed by atoms with E-state index < -0.39 is 0 Å². The van der Waals surface area contributed by atoms with Gasteiger partial charge in [0.15, 0.2) is 0 Å². The van der Waals surface area contributed by atoms with E-state index >= 15 is 0 Å². The zero-order chi connectivity index (χ0) is 9.84. The summed E-state index contributed by atoms with van der Waals surface area (Å²) in [5, 5.41) is 16.3. The van der Waals surface area contributed by atoms with E-state index in [2.05, 4.69) is 10.3 Å². The van der Waals surface area contributed by atoms with Gasteiger partial charge >= 0.3 is 0 Å². The molecule has 1 rings (SSSR count). The molecule has 0 N–H and O–H groups in total. The van der Waals surface area contributed by atoms with Crippen molar-refractivity contribution in [2.45, 2.75) is 19.4 Å². The second-order valence-corrected chi connectivity index (χ2v) is 2.76. The first-order valence-corrected chi connectivity index (χ1v) is 3.99. The molecule has 5 heteroatoms. The van der Waals surface area contributed by atoms with Gasteiger partial charge in [0, 0.05) is 14.2 Å². The Balaban J connectivity index is 3.02. The van der Waals surface area contributed by atoms with E-state index in [1.54, 1.807) is 18.8 Å². The fourth-order valence-electron chi connectivity index (χ4n) is 1.22. The molecular weight excluding hydrogens is 168 g/mol. The first-order chi connectivity index (χ1) is 6.20. The number of ether oxygens (including phenoxy) is 1. The summed E-state index contributed by atoms with van der Waals surface area (Å²) in [6.07, 6.45) is 0.194. The molecule has 0 amide bonds. The number of rotatable bonds is 3. The highest BCUT2D eigenvalue weighted by Crippen LogP contribution is 2.17. The molecule has 0 fully saturated rings. The molecule has 0 aromatic carbocycles. The fraction of sp³-hybridized carbons (Fsp3) is 0.625. The van der Waals surface area contributed by atoms with Gasteiger partial charge in [-0.1, -0.05) is 5.21 Å². The van der Waals surface area contributed by atoms with E-state index in [9.17, 15) is 0 Å². The lowest BCUT2D eigenvalue weighted by Crippen LogP contribution is -2.06. The van der Waals surface area contributed by atoms with E-state index in [1.165, 1.54) is 0 Å². The maximum Gasteiger partial charge on any atom is 0.103 e. The molecule has 0 aliphatic heterocycles. The highest BCUT2D eigenvalue weighted by Gasteiger charge is 2.16. The average molecular weight is 180 g/mol. The van der Waals surface area contributed by atoms with Gasteiger partial charge in [0.25, 0.3) is 0 Å². The Kier molecular flexibility index (Phi) is 2.98. The van der Waals surface area contributed by atoms with E-state index in [4.69, 9.17) is 10.00 Å². The summed E-state index contributed by atoms with van der Waals surface area (Å²) in [4.78, 5) is 0. The number of aryl methyl sites for hydroxylation is 1. The van der Waals surface area contributed by atoms with Gasteiger partial charge in [0.05, 0.1) is 24.3 Å². The van der Waals surface area contributed by atoms with Crippen molar-refractivity contribution in [1.82, 2.24) is 15.0 Å². The van der Waals surface area contributed by atoms with E-state index in [0.29, 0.717) is 5.69 Å². The molecular formula is C8H12N4O. The van der Waals surface area contributed by atoms with Gasteiger partial charge in [-0.3, -0.25) is 0 Å². The molecule has 0 aliphatic carbocycles.